The van der Waals surface area contributed by atoms with Crippen LogP contribution in [0.25, 0.3) is 28.0 Å². The third kappa shape index (κ3) is 2.83. The summed E-state index contributed by atoms with van der Waals surface area (Å²) in [6, 6.07) is 15.4. The van der Waals surface area contributed by atoms with Crippen molar-refractivity contribution in [3.05, 3.63) is 82.4 Å². The lowest BCUT2D eigenvalue weighted by molar-refractivity contribution is -0.387. The largest absolute Gasteiger partial charge is 0.305 e. The Balaban J connectivity index is 1.98. The summed E-state index contributed by atoms with van der Waals surface area (Å²) in [6.07, 6.45) is 2.34. The fraction of sp³-hybridized carbons (Fsp3) is 0.100. The SMILES string of the molecule is CCc1nn2c(-c3ccc(F)c([N+](=O)[O-])c3)ccnc2c1-c1ccccc1. The van der Waals surface area contributed by atoms with Gasteiger partial charge in [0.25, 0.3) is 0 Å². The highest BCUT2D eigenvalue weighted by Crippen LogP contribution is 2.32. The standard InChI is InChI=1S/C20H15FN4O2/c1-2-16-19(13-6-4-3-5-7-13)20-22-11-10-17(24(20)23-16)14-8-9-15(21)18(12-14)25(26)27/h3-12H,2H2,1H3. The lowest BCUT2D eigenvalue weighted by Gasteiger charge is -2.06. The predicted octanol–water partition coefficient (Wildman–Crippen LogP) is 4.67. The number of benzene rings is 2. The zero-order chi connectivity index (χ0) is 19.0. The maximum absolute atomic E-state index is 13.7. The summed E-state index contributed by atoms with van der Waals surface area (Å²) in [6.45, 7) is 2.01. The van der Waals surface area contributed by atoms with E-state index in [1.165, 1.54) is 12.1 Å². The minimum absolute atomic E-state index is 0.500. The van der Waals surface area contributed by atoms with Crippen LogP contribution in [0.2, 0.25) is 0 Å². The lowest BCUT2D eigenvalue weighted by Crippen LogP contribution is -1.98. The maximum atomic E-state index is 13.7. The van der Waals surface area contributed by atoms with Gasteiger partial charge in [0.1, 0.15) is 0 Å². The van der Waals surface area contributed by atoms with E-state index >= 15 is 0 Å². The van der Waals surface area contributed by atoms with Crippen molar-refractivity contribution in [1.29, 1.82) is 0 Å². The Hall–Kier alpha value is -3.61. The van der Waals surface area contributed by atoms with E-state index in [2.05, 4.69) is 10.1 Å². The van der Waals surface area contributed by atoms with Crippen molar-refractivity contribution in [2.24, 2.45) is 0 Å². The molecule has 0 unspecified atom stereocenters. The molecule has 0 saturated carbocycles. The van der Waals surface area contributed by atoms with Crippen LogP contribution >= 0.6 is 0 Å². The molecule has 0 N–H and O–H groups in total. The number of nitrogens with zero attached hydrogens (tertiary/aromatic N) is 4. The first-order chi connectivity index (χ1) is 13.1. The Labute approximate surface area is 154 Å². The van der Waals surface area contributed by atoms with Gasteiger partial charge in [0.2, 0.25) is 5.82 Å². The molecule has 0 fully saturated rings. The molecule has 6 nitrogen and oxygen atoms in total. The molecule has 2 aromatic carbocycles. The Morgan fingerprint density at radius 2 is 1.89 bits per heavy atom. The molecule has 0 amide bonds. The molecule has 0 radical (unpaired) electrons. The molecule has 4 aromatic rings. The minimum atomic E-state index is -0.867. The number of aromatic nitrogens is 3. The summed E-state index contributed by atoms with van der Waals surface area (Å²) in [4.78, 5) is 14.8. The monoisotopic (exact) mass is 362 g/mol. The van der Waals surface area contributed by atoms with E-state index < -0.39 is 16.4 Å². The average Bonchev–Trinajstić information content (AvgIpc) is 3.07. The molecule has 0 bridgehead atoms. The van der Waals surface area contributed by atoms with Gasteiger partial charge in [-0.05, 0) is 30.2 Å². The van der Waals surface area contributed by atoms with Crippen molar-refractivity contribution in [1.82, 2.24) is 14.6 Å². The molecule has 7 heteroatoms. The van der Waals surface area contributed by atoms with Crippen LogP contribution < -0.4 is 0 Å². The molecule has 0 atom stereocenters. The maximum Gasteiger partial charge on any atom is 0.305 e. The molecule has 0 aliphatic rings. The highest BCUT2D eigenvalue weighted by molar-refractivity contribution is 5.81. The van der Waals surface area contributed by atoms with Gasteiger partial charge < -0.3 is 0 Å². The first-order valence-electron chi connectivity index (χ1n) is 8.46. The first-order valence-corrected chi connectivity index (χ1v) is 8.46. The fourth-order valence-corrected chi connectivity index (χ4v) is 3.17. The van der Waals surface area contributed by atoms with Gasteiger partial charge in [-0.3, -0.25) is 10.1 Å². The van der Waals surface area contributed by atoms with Gasteiger partial charge in [-0.2, -0.15) is 9.49 Å². The molecular weight excluding hydrogens is 347 g/mol. The molecule has 134 valence electrons. The van der Waals surface area contributed by atoms with E-state index in [9.17, 15) is 14.5 Å². The van der Waals surface area contributed by atoms with E-state index in [0.29, 0.717) is 23.3 Å². The van der Waals surface area contributed by atoms with Crippen LogP contribution in [0.1, 0.15) is 12.6 Å². The van der Waals surface area contributed by atoms with Gasteiger partial charge in [0.15, 0.2) is 5.65 Å². The number of hydrogen-bond donors (Lipinski definition) is 0. The Kier molecular flexibility index (Phi) is 4.12. The van der Waals surface area contributed by atoms with Gasteiger partial charge in [-0.25, -0.2) is 9.50 Å². The van der Waals surface area contributed by atoms with Gasteiger partial charge >= 0.3 is 5.69 Å². The van der Waals surface area contributed by atoms with Crippen LogP contribution in [0.3, 0.4) is 0 Å². The highest BCUT2D eigenvalue weighted by Gasteiger charge is 2.20. The zero-order valence-electron chi connectivity index (χ0n) is 14.5. The molecule has 2 heterocycles. The Morgan fingerprint density at radius 3 is 2.59 bits per heavy atom. The Morgan fingerprint density at radius 1 is 1.11 bits per heavy atom. The molecule has 0 aliphatic heterocycles. The van der Waals surface area contributed by atoms with Crippen LogP contribution in [0.4, 0.5) is 10.1 Å². The molecule has 2 aromatic heterocycles. The topological polar surface area (TPSA) is 73.3 Å². The number of halogens is 1. The molecule has 27 heavy (non-hydrogen) atoms. The molecule has 0 aliphatic carbocycles. The normalized spacial score (nSPS) is 11.0. The van der Waals surface area contributed by atoms with Crippen molar-refractivity contribution >= 4 is 11.3 Å². The third-order valence-electron chi connectivity index (χ3n) is 4.43. The van der Waals surface area contributed by atoms with Gasteiger partial charge in [-0.1, -0.05) is 37.3 Å². The highest BCUT2D eigenvalue weighted by atomic mass is 19.1. The van der Waals surface area contributed by atoms with Crippen LogP contribution in [-0.2, 0) is 6.42 Å². The van der Waals surface area contributed by atoms with Crippen molar-refractivity contribution in [2.45, 2.75) is 13.3 Å². The average molecular weight is 362 g/mol. The van der Waals surface area contributed by atoms with Crippen molar-refractivity contribution in [3.63, 3.8) is 0 Å². The van der Waals surface area contributed by atoms with Gasteiger partial charge in [0, 0.05) is 23.4 Å². The lowest BCUT2D eigenvalue weighted by atomic mass is 10.0. The summed E-state index contributed by atoms with van der Waals surface area (Å²) < 4.78 is 15.4. The van der Waals surface area contributed by atoms with Crippen LogP contribution in [-0.4, -0.2) is 19.5 Å². The second-order valence-corrected chi connectivity index (χ2v) is 6.03. The summed E-state index contributed by atoms with van der Waals surface area (Å²) in [7, 11) is 0. The van der Waals surface area contributed by atoms with Crippen molar-refractivity contribution < 1.29 is 9.31 Å². The summed E-state index contributed by atoms with van der Waals surface area (Å²) in [5.74, 6) is -0.867. The van der Waals surface area contributed by atoms with E-state index in [4.69, 9.17) is 0 Å². The second-order valence-electron chi connectivity index (χ2n) is 6.03. The number of nitro groups is 1. The molecule has 0 saturated heterocycles. The Bertz CT molecular complexity index is 1160. The molecular formula is C20H15FN4O2. The van der Waals surface area contributed by atoms with Crippen molar-refractivity contribution in [3.8, 4) is 22.4 Å². The minimum Gasteiger partial charge on any atom is -0.258 e. The van der Waals surface area contributed by atoms with Crippen LogP contribution in [0.15, 0.2) is 60.8 Å². The second kappa shape index (κ2) is 6.60. The predicted molar refractivity (Wildman–Crippen MR) is 99.8 cm³/mol. The van der Waals surface area contributed by atoms with Crippen LogP contribution in [0.5, 0.6) is 0 Å². The van der Waals surface area contributed by atoms with Gasteiger partial charge in [-0.15, -0.1) is 0 Å². The summed E-state index contributed by atoms with van der Waals surface area (Å²) in [5.41, 5.74) is 4.00. The number of hydrogen-bond acceptors (Lipinski definition) is 4. The smallest absolute Gasteiger partial charge is 0.258 e. The molecule has 4 rings (SSSR count). The number of fused-ring (bicyclic) bond motifs is 1. The molecule has 0 spiro atoms. The zero-order valence-corrected chi connectivity index (χ0v) is 14.5. The van der Waals surface area contributed by atoms with Crippen LogP contribution in [0, 0.1) is 15.9 Å². The van der Waals surface area contributed by atoms with E-state index in [-0.39, 0.29) is 0 Å². The first kappa shape index (κ1) is 16.8. The number of aryl methyl sites for hydroxylation is 1. The number of nitro benzene ring substituents is 1. The summed E-state index contributed by atoms with van der Waals surface area (Å²) >= 11 is 0. The van der Waals surface area contributed by atoms with E-state index in [0.717, 1.165) is 22.9 Å². The van der Waals surface area contributed by atoms with E-state index in [1.54, 1.807) is 16.8 Å². The van der Waals surface area contributed by atoms with Crippen molar-refractivity contribution in [2.75, 3.05) is 0 Å². The fourth-order valence-electron chi connectivity index (χ4n) is 3.17. The summed E-state index contributed by atoms with van der Waals surface area (Å²) in [5, 5.41) is 15.8. The number of rotatable bonds is 4. The quantitative estimate of drug-likeness (QED) is 0.390. The van der Waals surface area contributed by atoms with E-state index in [1.807, 2.05) is 37.3 Å². The third-order valence-corrected chi connectivity index (χ3v) is 4.43. The van der Waals surface area contributed by atoms with Gasteiger partial charge in [0.05, 0.1) is 16.3 Å².